The van der Waals surface area contributed by atoms with Crippen LogP contribution in [0, 0.1) is 11.8 Å². The third kappa shape index (κ3) is 5.13. The van der Waals surface area contributed by atoms with Crippen molar-refractivity contribution < 1.29 is 14.3 Å². The van der Waals surface area contributed by atoms with Crippen LogP contribution in [-0.4, -0.2) is 32.7 Å². The number of hydrogen-bond donors (Lipinski definition) is 2. The van der Waals surface area contributed by atoms with Crippen LogP contribution in [0.25, 0.3) is 0 Å². The van der Waals surface area contributed by atoms with Gasteiger partial charge in [-0.25, -0.2) is 0 Å². The van der Waals surface area contributed by atoms with E-state index >= 15 is 0 Å². The summed E-state index contributed by atoms with van der Waals surface area (Å²) in [6.07, 6.45) is 2.95. The van der Waals surface area contributed by atoms with Gasteiger partial charge in [0.05, 0.1) is 13.7 Å². The molecule has 2 atom stereocenters. The minimum atomic E-state index is 0.0503. The maximum atomic E-state index is 12.3. The van der Waals surface area contributed by atoms with Crippen molar-refractivity contribution in [2.24, 2.45) is 11.8 Å². The predicted octanol–water partition coefficient (Wildman–Crippen LogP) is 3.06. The monoisotopic (exact) mass is 320 g/mol. The Morgan fingerprint density at radius 3 is 2.91 bits per heavy atom. The number of nitrogens with one attached hydrogen (secondary N) is 2. The topological polar surface area (TPSA) is 59.6 Å². The lowest BCUT2D eigenvalue weighted by Crippen LogP contribution is -2.34. The molecule has 2 unspecified atom stereocenters. The molecule has 1 heterocycles. The van der Waals surface area contributed by atoms with Gasteiger partial charge in [-0.05, 0) is 56.8 Å². The molecule has 1 amide bonds. The van der Waals surface area contributed by atoms with Crippen molar-refractivity contribution in [2.75, 3.05) is 32.1 Å². The SMILES string of the molecule is CCOc1ccc(NC(=O)CC(C)C2CCCNC2)cc1OC. The predicted molar refractivity (Wildman–Crippen MR) is 92.2 cm³/mol. The molecule has 0 saturated carbocycles. The van der Waals surface area contributed by atoms with Crippen LogP contribution in [0.15, 0.2) is 18.2 Å². The Morgan fingerprint density at radius 1 is 1.43 bits per heavy atom. The molecule has 0 spiro atoms. The fraction of sp³-hybridized carbons (Fsp3) is 0.611. The molecule has 128 valence electrons. The lowest BCUT2D eigenvalue weighted by molar-refractivity contribution is -0.117. The molecule has 0 aliphatic carbocycles. The van der Waals surface area contributed by atoms with Crippen LogP contribution >= 0.6 is 0 Å². The summed E-state index contributed by atoms with van der Waals surface area (Å²) in [7, 11) is 1.60. The first kappa shape index (κ1) is 17.6. The molecule has 23 heavy (non-hydrogen) atoms. The fourth-order valence-electron chi connectivity index (χ4n) is 3.06. The molecule has 2 N–H and O–H groups in total. The Bertz CT molecular complexity index is 513. The maximum Gasteiger partial charge on any atom is 0.224 e. The van der Waals surface area contributed by atoms with Crippen LogP contribution in [0.2, 0.25) is 0 Å². The van der Waals surface area contributed by atoms with Crippen LogP contribution in [0.1, 0.15) is 33.1 Å². The lowest BCUT2D eigenvalue weighted by atomic mass is 9.85. The first-order chi connectivity index (χ1) is 11.1. The van der Waals surface area contributed by atoms with Gasteiger partial charge in [0.1, 0.15) is 0 Å². The van der Waals surface area contributed by atoms with Crippen molar-refractivity contribution in [3.63, 3.8) is 0 Å². The molecule has 1 saturated heterocycles. The van der Waals surface area contributed by atoms with E-state index in [4.69, 9.17) is 9.47 Å². The number of piperidine rings is 1. The second kappa shape index (κ2) is 8.77. The normalized spacial score (nSPS) is 19.0. The maximum absolute atomic E-state index is 12.3. The Balaban J connectivity index is 1.91. The molecular formula is C18H28N2O3. The van der Waals surface area contributed by atoms with E-state index in [-0.39, 0.29) is 5.91 Å². The minimum absolute atomic E-state index is 0.0503. The third-order valence-corrected chi connectivity index (χ3v) is 4.39. The number of amides is 1. The molecule has 1 aliphatic heterocycles. The van der Waals surface area contributed by atoms with Crippen LogP contribution in [-0.2, 0) is 4.79 Å². The van der Waals surface area contributed by atoms with E-state index in [1.165, 1.54) is 12.8 Å². The van der Waals surface area contributed by atoms with Crippen molar-refractivity contribution >= 4 is 11.6 Å². The number of ether oxygens (including phenoxy) is 2. The fourth-order valence-corrected chi connectivity index (χ4v) is 3.06. The van der Waals surface area contributed by atoms with E-state index in [1.54, 1.807) is 13.2 Å². The first-order valence-electron chi connectivity index (χ1n) is 8.45. The van der Waals surface area contributed by atoms with Crippen molar-refractivity contribution in [1.29, 1.82) is 0 Å². The molecule has 0 radical (unpaired) electrons. The number of methoxy groups -OCH3 is 1. The highest BCUT2D eigenvalue weighted by molar-refractivity contribution is 5.91. The zero-order valence-electron chi connectivity index (χ0n) is 14.4. The van der Waals surface area contributed by atoms with Gasteiger partial charge in [0.15, 0.2) is 11.5 Å². The molecule has 1 aliphatic rings. The number of carbonyl (C=O) groups excluding carboxylic acids is 1. The summed E-state index contributed by atoms with van der Waals surface area (Å²) in [4.78, 5) is 12.3. The highest BCUT2D eigenvalue weighted by Crippen LogP contribution is 2.30. The van der Waals surface area contributed by atoms with E-state index in [1.807, 2.05) is 19.1 Å². The van der Waals surface area contributed by atoms with Crippen molar-refractivity contribution in [3.05, 3.63) is 18.2 Å². The summed E-state index contributed by atoms with van der Waals surface area (Å²) in [6.45, 7) is 6.79. The van der Waals surface area contributed by atoms with Gasteiger partial charge in [0.25, 0.3) is 0 Å². The van der Waals surface area contributed by atoms with Gasteiger partial charge < -0.3 is 20.1 Å². The van der Waals surface area contributed by atoms with Crippen molar-refractivity contribution in [3.8, 4) is 11.5 Å². The highest BCUT2D eigenvalue weighted by Gasteiger charge is 2.22. The quantitative estimate of drug-likeness (QED) is 0.810. The van der Waals surface area contributed by atoms with Crippen LogP contribution in [0.4, 0.5) is 5.69 Å². The second-order valence-electron chi connectivity index (χ2n) is 6.13. The molecular weight excluding hydrogens is 292 g/mol. The van der Waals surface area contributed by atoms with E-state index in [0.29, 0.717) is 36.4 Å². The number of anilines is 1. The highest BCUT2D eigenvalue weighted by atomic mass is 16.5. The Labute approximate surface area is 138 Å². The van der Waals surface area contributed by atoms with Crippen LogP contribution in [0.3, 0.4) is 0 Å². The lowest BCUT2D eigenvalue weighted by Gasteiger charge is -2.28. The number of carbonyl (C=O) groups is 1. The largest absolute Gasteiger partial charge is 0.493 e. The summed E-state index contributed by atoms with van der Waals surface area (Å²) < 4.78 is 10.8. The Morgan fingerprint density at radius 2 is 2.26 bits per heavy atom. The van der Waals surface area contributed by atoms with Gasteiger partial charge in [-0.3, -0.25) is 4.79 Å². The van der Waals surface area contributed by atoms with Gasteiger partial charge in [-0.2, -0.15) is 0 Å². The zero-order chi connectivity index (χ0) is 16.7. The number of rotatable bonds is 7. The molecule has 1 aromatic rings. The second-order valence-corrected chi connectivity index (χ2v) is 6.13. The minimum Gasteiger partial charge on any atom is -0.493 e. The summed E-state index contributed by atoms with van der Waals surface area (Å²) >= 11 is 0. The first-order valence-corrected chi connectivity index (χ1v) is 8.45. The van der Waals surface area contributed by atoms with Crippen LogP contribution < -0.4 is 20.1 Å². The molecule has 2 rings (SSSR count). The Hall–Kier alpha value is -1.75. The smallest absolute Gasteiger partial charge is 0.224 e. The third-order valence-electron chi connectivity index (χ3n) is 4.39. The van der Waals surface area contributed by atoms with E-state index in [2.05, 4.69) is 17.6 Å². The van der Waals surface area contributed by atoms with Gasteiger partial charge in [-0.15, -0.1) is 0 Å². The van der Waals surface area contributed by atoms with Crippen molar-refractivity contribution in [2.45, 2.75) is 33.1 Å². The summed E-state index contributed by atoms with van der Waals surface area (Å²) in [5.74, 6) is 2.34. The standard InChI is InChI=1S/C18H28N2O3/c1-4-23-16-8-7-15(11-17(16)22-3)20-18(21)10-13(2)14-6-5-9-19-12-14/h7-8,11,13-14,19H,4-6,9-10,12H2,1-3H3,(H,20,21). The summed E-state index contributed by atoms with van der Waals surface area (Å²) in [6, 6.07) is 5.47. The van der Waals surface area contributed by atoms with Gasteiger partial charge in [0.2, 0.25) is 5.91 Å². The van der Waals surface area contributed by atoms with E-state index < -0.39 is 0 Å². The molecule has 0 bridgehead atoms. The van der Waals surface area contributed by atoms with E-state index in [0.717, 1.165) is 18.8 Å². The molecule has 5 heteroatoms. The van der Waals surface area contributed by atoms with Gasteiger partial charge in [-0.1, -0.05) is 6.92 Å². The number of benzene rings is 1. The van der Waals surface area contributed by atoms with Gasteiger partial charge in [0, 0.05) is 18.2 Å². The average molecular weight is 320 g/mol. The van der Waals surface area contributed by atoms with Crippen molar-refractivity contribution in [1.82, 2.24) is 5.32 Å². The number of hydrogen-bond acceptors (Lipinski definition) is 4. The van der Waals surface area contributed by atoms with E-state index in [9.17, 15) is 4.79 Å². The molecule has 5 nitrogen and oxygen atoms in total. The Kier molecular flexibility index (Phi) is 6.71. The van der Waals surface area contributed by atoms with Gasteiger partial charge >= 0.3 is 0 Å². The zero-order valence-corrected chi connectivity index (χ0v) is 14.4. The average Bonchev–Trinajstić information content (AvgIpc) is 2.57. The van der Waals surface area contributed by atoms with Crippen LogP contribution in [0.5, 0.6) is 11.5 Å². The molecule has 1 aromatic carbocycles. The molecule has 0 aromatic heterocycles. The summed E-state index contributed by atoms with van der Waals surface area (Å²) in [5, 5.41) is 6.37. The summed E-state index contributed by atoms with van der Waals surface area (Å²) in [5.41, 5.74) is 0.740. The molecule has 1 fully saturated rings.